The van der Waals surface area contributed by atoms with E-state index in [0.29, 0.717) is 18.0 Å². The molecule has 1 aromatic rings. The van der Waals surface area contributed by atoms with Crippen LogP contribution in [0.4, 0.5) is 11.4 Å². The van der Waals surface area contributed by atoms with Crippen LogP contribution in [0.25, 0.3) is 0 Å². The molecule has 0 atom stereocenters. The summed E-state index contributed by atoms with van der Waals surface area (Å²) in [5, 5.41) is 24.2. The van der Waals surface area contributed by atoms with Crippen LogP contribution in [0.1, 0.15) is 34.6 Å². The Morgan fingerprint density at radius 1 is 1.30 bits per heavy atom. The molecule has 1 rings (SSSR count). The Balaban J connectivity index is 3.14. The standard InChI is InChI=1S/C14H22N2O4/c1-6-20-12-8-10(7-11(9-12)16(18)19)15-13(2,3)14(4,5)17/h7-9,15,17H,6H2,1-5H3. The minimum absolute atomic E-state index is 0.0509. The van der Waals surface area contributed by atoms with Gasteiger partial charge in [-0.1, -0.05) is 0 Å². The molecule has 0 spiro atoms. The van der Waals surface area contributed by atoms with Crippen molar-refractivity contribution in [1.82, 2.24) is 0 Å². The molecule has 0 bridgehead atoms. The van der Waals surface area contributed by atoms with Gasteiger partial charge in [0.2, 0.25) is 0 Å². The molecule has 0 saturated carbocycles. The Morgan fingerprint density at radius 2 is 1.90 bits per heavy atom. The second-order valence-corrected chi connectivity index (χ2v) is 5.71. The van der Waals surface area contributed by atoms with E-state index in [-0.39, 0.29) is 5.69 Å². The SMILES string of the molecule is CCOc1cc(NC(C)(C)C(C)(C)O)cc([N+](=O)[O-])c1. The average molecular weight is 282 g/mol. The first-order valence-corrected chi connectivity index (χ1v) is 6.49. The number of non-ortho nitro benzene ring substituents is 1. The number of hydrogen-bond donors (Lipinski definition) is 2. The van der Waals surface area contributed by atoms with Gasteiger partial charge in [-0.05, 0) is 34.6 Å². The smallest absolute Gasteiger partial charge is 0.275 e. The largest absolute Gasteiger partial charge is 0.494 e. The molecule has 0 aliphatic rings. The maximum atomic E-state index is 10.9. The zero-order valence-corrected chi connectivity index (χ0v) is 12.6. The molecule has 0 aliphatic heterocycles. The fourth-order valence-corrected chi connectivity index (χ4v) is 1.52. The molecule has 6 nitrogen and oxygen atoms in total. The fraction of sp³-hybridized carbons (Fsp3) is 0.571. The number of nitrogens with zero attached hydrogens (tertiary/aromatic N) is 1. The minimum atomic E-state index is -0.997. The van der Waals surface area contributed by atoms with Gasteiger partial charge in [0.05, 0.1) is 28.7 Å². The van der Waals surface area contributed by atoms with Crippen molar-refractivity contribution < 1.29 is 14.8 Å². The summed E-state index contributed by atoms with van der Waals surface area (Å²) in [4.78, 5) is 10.5. The van der Waals surface area contributed by atoms with Crippen LogP contribution in [0.5, 0.6) is 5.75 Å². The van der Waals surface area contributed by atoms with Crippen LogP contribution in [0, 0.1) is 10.1 Å². The quantitative estimate of drug-likeness (QED) is 0.619. The van der Waals surface area contributed by atoms with E-state index in [2.05, 4.69) is 5.32 Å². The maximum Gasteiger partial charge on any atom is 0.275 e. The van der Waals surface area contributed by atoms with Gasteiger partial charge in [-0.25, -0.2) is 0 Å². The number of aliphatic hydroxyl groups is 1. The molecule has 20 heavy (non-hydrogen) atoms. The van der Waals surface area contributed by atoms with Crippen molar-refractivity contribution in [3.8, 4) is 5.75 Å². The van der Waals surface area contributed by atoms with Gasteiger partial charge in [0.1, 0.15) is 5.75 Å². The lowest BCUT2D eigenvalue weighted by Crippen LogP contribution is -2.51. The third kappa shape index (κ3) is 3.84. The number of anilines is 1. The number of nitro benzene ring substituents is 1. The Morgan fingerprint density at radius 3 is 2.35 bits per heavy atom. The van der Waals surface area contributed by atoms with Crippen LogP contribution in [0.15, 0.2) is 18.2 Å². The van der Waals surface area contributed by atoms with Gasteiger partial charge in [0, 0.05) is 17.8 Å². The van der Waals surface area contributed by atoms with E-state index in [4.69, 9.17) is 4.74 Å². The molecule has 0 heterocycles. The number of nitro groups is 1. The van der Waals surface area contributed by atoms with E-state index in [9.17, 15) is 15.2 Å². The average Bonchev–Trinajstić information content (AvgIpc) is 2.26. The molecular weight excluding hydrogens is 260 g/mol. The number of benzene rings is 1. The van der Waals surface area contributed by atoms with Crippen LogP contribution < -0.4 is 10.1 Å². The van der Waals surface area contributed by atoms with Crippen molar-refractivity contribution in [2.45, 2.75) is 45.8 Å². The minimum Gasteiger partial charge on any atom is -0.494 e. The van der Waals surface area contributed by atoms with Crippen LogP contribution in [-0.4, -0.2) is 27.8 Å². The maximum absolute atomic E-state index is 10.9. The highest BCUT2D eigenvalue weighted by Crippen LogP contribution is 2.31. The second-order valence-electron chi connectivity index (χ2n) is 5.71. The van der Waals surface area contributed by atoms with Gasteiger partial charge >= 0.3 is 0 Å². The summed E-state index contributed by atoms with van der Waals surface area (Å²) in [7, 11) is 0. The Hall–Kier alpha value is -1.82. The Kier molecular flexibility index (Phi) is 4.60. The lowest BCUT2D eigenvalue weighted by atomic mass is 9.86. The summed E-state index contributed by atoms with van der Waals surface area (Å²) in [6, 6.07) is 4.49. The van der Waals surface area contributed by atoms with Gasteiger partial charge in [0.15, 0.2) is 0 Å². The third-order valence-electron chi connectivity index (χ3n) is 3.40. The second kappa shape index (κ2) is 5.66. The van der Waals surface area contributed by atoms with Gasteiger partial charge in [-0.15, -0.1) is 0 Å². The van der Waals surface area contributed by atoms with E-state index in [1.54, 1.807) is 19.9 Å². The van der Waals surface area contributed by atoms with Crippen molar-refractivity contribution >= 4 is 11.4 Å². The van der Waals surface area contributed by atoms with Crippen LogP contribution in [0.3, 0.4) is 0 Å². The van der Waals surface area contributed by atoms with E-state index in [0.717, 1.165) is 0 Å². The summed E-state index contributed by atoms with van der Waals surface area (Å²) in [5.74, 6) is 0.427. The molecule has 0 aromatic heterocycles. The van der Waals surface area contributed by atoms with Gasteiger partial charge in [-0.3, -0.25) is 10.1 Å². The first-order valence-electron chi connectivity index (χ1n) is 6.49. The fourth-order valence-electron chi connectivity index (χ4n) is 1.52. The zero-order valence-electron chi connectivity index (χ0n) is 12.6. The molecular formula is C14H22N2O4. The normalized spacial score (nSPS) is 12.1. The molecule has 0 unspecified atom stereocenters. The molecule has 0 aliphatic carbocycles. The van der Waals surface area contributed by atoms with Crippen LogP contribution in [0.2, 0.25) is 0 Å². The van der Waals surface area contributed by atoms with Crippen molar-refractivity contribution in [3.63, 3.8) is 0 Å². The van der Waals surface area contributed by atoms with E-state index in [1.165, 1.54) is 12.1 Å². The Labute approximate surface area is 118 Å². The summed E-state index contributed by atoms with van der Waals surface area (Å²) in [6.07, 6.45) is 0. The summed E-state index contributed by atoms with van der Waals surface area (Å²) < 4.78 is 5.33. The first-order chi connectivity index (χ1) is 9.06. The molecule has 0 radical (unpaired) electrons. The lowest BCUT2D eigenvalue weighted by Gasteiger charge is -2.38. The van der Waals surface area contributed by atoms with Gasteiger partial charge in [-0.2, -0.15) is 0 Å². The lowest BCUT2D eigenvalue weighted by molar-refractivity contribution is -0.384. The van der Waals surface area contributed by atoms with Crippen molar-refractivity contribution in [2.24, 2.45) is 0 Å². The predicted octanol–water partition coefficient (Wildman–Crippen LogP) is 2.95. The number of nitrogens with one attached hydrogen (secondary N) is 1. The molecule has 112 valence electrons. The summed E-state index contributed by atoms with van der Waals surface area (Å²) in [5.41, 5.74) is -1.17. The van der Waals surface area contributed by atoms with Crippen LogP contribution >= 0.6 is 0 Å². The van der Waals surface area contributed by atoms with Crippen molar-refractivity contribution in [1.29, 1.82) is 0 Å². The molecule has 1 aromatic carbocycles. The number of ether oxygens (including phenoxy) is 1. The summed E-state index contributed by atoms with van der Waals surface area (Å²) in [6.45, 7) is 9.25. The molecule has 6 heteroatoms. The highest BCUT2D eigenvalue weighted by atomic mass is 16.6. The molecule has 0 fully saturated rings. The molecule has 2 N–H and O–H groups in total. The van der Waals surface area contributed by atoms with Gasteiger partial charge < -0.3 is 15.2 Å². The zero-order chi connectivity index (χ0) is 15.6. The number of hydrogen-bond acceptors (Lipinski definition) is 5. The first kappa shape index (κ1) is 16.2. The van der Waals surface area contributed by atoms with E-state index < -0.39 is 16.1 Å². The van der Waals surface area contributed by atoms with Crippen molar-refractivity contribution in [2.75, 3.05) is 11.9 Å². The van der Waals surface area contributed by atoms with E-state index in [1.807, 2.05) is 20.8 Å². The van der Waals surface area contributed by atoms with Gasteiger partial charge in [0.25, 0.3) is 5.69 Å². The molecule has 0 saturated heterocycles. The topological polar surface area (TPSA) is 84.6 Å². The summed E-state index contributed by atoms with van der Waals surface area (Å²) >= 11 is 0. The molecule has 0 amide bonds. The number of rotatable bonds is 6. The highest BCUT2D eigenvalue weighted by Gasteiger charge is 2.35. The van der Waals surface area contributed by atoms with E-state index >= 15 is 0 Å². The third-order valence-corrected chi connectivity index (χ3v) is 3.40. The monoisotopic (exact) mass is 282 g/mol. The Bertz CT molecular complexity index is 492. The highest BCUT2D eigenvalue weighted by molar-refractivity contribution is 5.57. The van der Waals surface area contributed by atoms with Crippen molar-refractivity contribution in [3.05, 3.63) is 28.3 Å². The predicted molar refractivity (Wildman–Crippen MR) is 78.3 cm³/mol. The van der Waals surface area contributed by atoms with Crippen LogP contribution in [-0.2, 0) is 0 Å².